The smallest absolute Gasteiger partial charge is 0.411 e. The van der Waals surface area contributed by atoms with E-state index in [1.54, 1.807) is 14.2 Å². The van der Waals surface area contributed by atoms with Crippen molar-refractivity contribution in [1.29, 1.82) is 0 Å². The van der Waals surface area contributed by atoms with Gasteiger partial charge < -0.3 is 18.9 Å². The molecule has 142 valence electrons. The summed E-state index contributed by atoms with van der Waals surface area (Å²) >= 11 is 0. The van der Waals surface area contributed by atoms with Crippen LogP contribution in [0.4, 0.5) is 4.79 Å². The van der Waals surface area contributed by atoms with Gasteiger partial charge in [0.25, 0.3) is 0 Å². The minimum Gasteiger partial charge on any atom is -0.497 e. The van der Waals surface area contributed by atoms with Crippen molar-refractivity contribution in [3.63, 3.8) is 0 Å². The molecule has 1 aromatic carbocycles. The first-order chi connectivity index (χ1) is 12.3. The van der Waals surface area contributed by atoms with Gasteiger partial charge in [-0.3, -0.25) is 4.90 Å². The Labute approximate surface area is 154 Å². The molecule has 2 bridgehead atoms. The number of hydrogen-bond donors (Lipinski definition) is 0. The Morgan fingerprint density at radius 2 is 1.77 bits per heavy atom. The van der Waals surface area contributed by atoms with Gasteiger partial charge in [-0.05, 0) is 50.5 Å². The van der Waals surface area contributed by atoms with E-state index in [2.05, 4.69) is 6.08 Å². The molecule has 2 unspecified atom stereocenters. The second kappa shape index (κ2) is 7.19. The average molecular weight is 361 g/mol. The zero-order valence-corrected chi connectivity index (χ0v) is 16.1. The maximum atomic E-state index is 12.7. The van der Waals surface area contributed by atoms with Crippen LogP contribution in [0.5, 0.6) is 11.5 Å². The number of rotatable bonds is 3. The first kappa shape index (κ1) is 18.6. The fraction of sp³-hybridized carbons (Fsp3) is 0.550. The molecule has 0 aliphatic carbocycles. The molecule has 0 saturated carbocycles. The van der Waals surface area contributed by atoms with Crippen molar-refractivity contribution >= 4 is 11.7 Å². The lowest BCUT2D eigenvalue weighted by Crippen LogP contribution is -2.57. The summed E-state index contributed by atoms with van der Waals surface area (Å²) in [4.78, 5) is 14.5. The highest BCUT2D eigenvalue weighted by Gasteiger charge is 2.40. The van der Waals surface area contributed by atoms with Gasteiger partial charge in [0.1, 0.15) is 17.1 Å². The van der Waals surface area contributed by atoms with Gasteiger partial charge in [0.2, 0.25) is 0 Å². The number of methoxy groups -OCH3 is 2. The molecule has 2 heterocycles. The van der Waals surface area contributed by atoms with E-state index in [9.17, 15) is 4.79 Å². The number of morpholine rings is 1. The van der Waals surface area contributed by atoms with E-state index in [1.165, 1.54) is 5.57 Å². The molecule has 1 fully saturated rings. The van der Waals surface area contributed by atoms with Crippen molar-refractivity contribution in [2.45, 2.75) is 44.9 Å². The van der Waals surface area contributed by atoms with Crippen molar-refractivity contribution in [2.24, 2.45) is 0 Å². The highest BCUT2D eigenvalue weighted by molar-refractivity contribution is 5.75. The molecular formula is C20H27NO5. The van der Waals surface area contributed by atoms with Gasteiger partial charge in [0, 0.05) is 6.07 Å². The van der Waals surface area contributed by atoms with Crippen LogP contribution in [0.1, 0.15) is 32.8 Å². The molecule has 2 aliphatic rings. The van der Waals surface area contributed by atoms with Crippen LogP contribution in [-0.2, 0) is 9.47 Å². The number of ether oxygens (including phenoxy) is 4. The number of carbonyl (C=O) groups is 1. The van der Waals surface area contributed by atoms with E-state index in [0.717, 1.165) is 17.1 Å². The van der Waals surface area contributed by atoms with Gasteiger partial charge >= 0.3 is 6.09 Å². The molecule has 1 aromatic rings. The maximum Gasteiger partial charge on any atom is 0.411 e. The maximum absolute atomic E-state index is 12.7. The fourth-order valence-electron chi connectivity index (χ4n) is 3.40. The summed E-state index contributed by atoms with van der Waals surface area (Å²) in [6, 6.07) is 5.66. The van der Waals surface area contributed by atoms with Gasteiger partial charge in [-0.25, -0.2) is 4.79 Å². The number of hydrogen-bond acceptors (Lipinski definition) is 5. The molecule has 2 atom stereocenters. The minimum atomic E-state index is -0.517. The van der Waals surface area contributed by atoms with Crippen LogP contribution < -0.4 is 9.47 Å². The number of carbonyl (C=O) groups excluding carboxylic acids is 1. The molecule has 6 heteroatoms. The molecular weight excluding hydrogens is 334 g/mol. The third-order valence-corrected chi connectivity index (χ3v) is 4.53. The first-order valence-corrected chi connectivity index (χ1v) is 8.84. The molecule has 0 aromatic heterocycles. The molecule has 0 N–H and O–H groups in total. The molecule has 1 amide bonds. The topological polar surface area (TPSA) is 57.2 Å². The lowest BCUT2D eigenvalue weighted by Gasteiger charge is -2.44. The van der Waals surface area contributed by atoms with Gasteiger partial charge in [0.05, 0.1) is 39.5 Å². The van der Waals surface area contributed by atoms with Gasteiger partial charge in [0.15, 0.2) is 0 Å². The Balaban J connectivity index is 1.90. The van der Waals surface area contributed by atoms with Crippen molar-refractivity contribution in [3.05, 3.63) is 29.8 Å². The van der Waals surface area contributed by atoms with E-state index in [-0.39, 0.29) is 18.2 Å². The Bertz CT molecular complexity index is 684. The Morgan fingerprint density at radius 1 is 1.12 bits per heavy atom. The SMILES string of the molecule is COc1cc(OC)cc(C2=CC3COCC(C2)N3C(=O)OC(C)(C)C)c1. The van der Waals surface area contributed by atoms with Crippen LogP contribution in [0.15, 0.2) is 24.3 Å². The van der Waals surface area contributed by atoms with Crippen LogP contribution in [0, 0.1) is 0 Å². The van der Waals surface area contributed by atoms with E-state index in [0.29, 0.717) is 19.6 Å². The van der Waals surface area contributed by atoms with Gasteiger partial charge in [-0.15, -0.1) is 0 Å². The molecule has 26 heavy (non-hydrogen) atoms. The normalized spacial score (nSPS) is 22.5. The van der Waals surface area contributed by atoms with Crippen molar-refractivity contribution in [2.75, 3.05) is 27.4 Å². The van der Waals surface area contributed by atoms with E-state index in [4.69, 9.17) is 18.9 Å². The third-order valence-electron chi connectivity index (χ3n) is 4.53. The van der Waals surface area contributed by atoms with E-state index in [1.807, 2.05) is 43.9 Å². The number of nitrogens with zero attached hydrogens (tertiary/aromatic N) is 1. The second-order valence-electron chi connectivity index (χ2n) is 7.64. The van der Waals surface area contributed by atoms with Gasteiger partial charge in [-0.2, -0.15) is 0 Å². The lowest BCUT2D eigenvalue weighted by atomic mass is 9.90. The third kappa shape index (κ3) is 3.96. The summed E-state index contributed by atoms with van der Waals surface area (Å²) < 4.78 is 22.0. The minimum absolute atomic E-state index is 0.0409. The largest absolute Gasteiger partial charge is 0.497 e. The Kier molecular flexibility index (Phi) is 5.14. The quantitative estimate of drug-likeness (QED) is 0.825. The summed E-state index contributed by atoms with van der Waals surface area (Å²) in [5, 5.41) is 0. The molecule has 2 aliphatic heterocycles. The van der Waals surface area contributed by atoms with Crippen LogP contribution in [-0.4, -0.2) is 56.1 Å². The Morgan fingerprint density at radius 3 is 2.31 bits per heavy atom. The number of amides is 1. The molecule has 0 radical (unpaired) electrons. The number of fused-ring (bicyclic) bond motifs is 2. The zero-order valence-electron chi connectivity index (χ0n) is 16.1. The van der Waals surface area contributed by atoms with E-state index < -0.39 is 5.60 Å². The highest BCUT2D eigenvalue weighted by Crippen LogP contribution is 2.36. The van der Waals surface area contributed by atoms with Crippen LogP contribution in [0.25, 0.3) is 5.57 Å². The standard InChI is InChI=1S/C20H27NO5/c1-20(2,3)26-19(22)21-15-6-13(7-16(21)12-25-11-15)14-8-17(23-4)10-18(9-14)24-5/h6,8-10,15-16H,7,11-12H2,1-5H3. The monoisotopic (exact) mass is 361 g/mol. The Hall–Kier alpha value is -2.21. The summed E-state index contributed by atoms with van der Waals surface area (Å²) in [6.45, 7) is 6.62. The summed E-state index contributed by atoms with van der Waals surface area (Å²) in [5.74, 6) is 1.49. The molecule has 1 saturated heterocycles. The molecule has 0 spiro atoms. The van der Waals surface area contributed by atoms with Crippen LogP contribution in [0.3, 0.4) is 0 Å². The number of benzene rings is 1. The van der Waals surface area contributed by atoms with Gasteiger partial charge in [-0.1, -0.05) is 6.08 Å². The fourth-order valence-corrected chi connectivity index (χ4v) is 3.40. The molecule has 3 rings (SSSR count). The van der Waals surface area contributed by atoms with Crippen molar-refractivity contribution in [1.82, 2.24) is 4.90 Å². The van der Waals surface area contributed by atoms with Crippen molar-refractivity contribution in [3.8, 4) is 11.5 Å². The second-order valence-corrected chi connectivity index (χ2v) is 7.64. The first-order valence-electron chi connectivity index (χ1n) is 8.84. The van der Waals surface area contributed by atoms with Crippen LogP contribution >= 0.6 is 0 Å². The van der Waals surface area contributed by atoms with Crippen LogP contribution in [0.2, 0.25) is 0 Å². The summed E-state index contributed by atoms with van der Waals surface area (Å²) in [6.07, 6.45) is 2.51. The average Bonchev–Trinajstić information content (AvgIpc) is 2.58. The van der Waals surface area contributed by atoms with Crippen molar-refractivity contribution < 1.29 is 23.7 Å². The predicted octanol–water partition coefficient (Wildman–Crippen LogP) is 3.50. The van der Waals surface area contributed by atoms with E-state index >= 15 is 0 Å². The lowest BCUT2D eigenvalue weighted by molar-refractivity contribution is -0.0510. The summed E-state index contributed by atoms with van der Waals surface area (Å²) in [7, 11) is 3.28. The zero-order chi connectivity index (χ0) is 18.9. The summed E-state index contributed by atoms with van der Waals surface area (Å²) in [5.41, 5.74) is 1.69. The molecule has 6 nitrogen and oxygen atoms in total. The predicted molar refractivity (Wildman–Crippen MR) is 98.6 cm³/mol. The highest BCUT2D eigenvalue weighted by atomic mass is 16.6.